The summed E-state index contributed by atoms with van der Waals surface area (Å²) in [4.78, 5) is 0. The lowest BCUT2D eigenvalue weighted by molar-refractivity contribution is 0.518. The van der Waals surface area contributed by atoms with Crippen LogP contribution in [-0.2, 0) is 11.8 Å². The molecule has 0 spiro atoms. The van der Waals surface area contributed by atoms with Crippen LogP contribution < -0.4 is 5.73 Å². The summed E-state index contributed by atoms with van der Waals surface area (Å²) in [6.45, 7) is 4.20. The molecule has 3 nitrogen and oxygen atoms in total. The smallest absolute Gasteiger partial charge is 0.151 e. The number of hydrogen-bond donors (Lipinski definition) is 1. The molecule has 0 saturated carbocycles. The largest absolute Gasteiger partial charge is 0.383 e. The van der Waals surface area contributed by atoms with Crippen molar-refractivity contribution in [3.8, 4) is 5.69 Å². The summed E-state index contributed by atoms with van der Waals surface area (Å²) in [5.74, 6) is -0.825. The Balaban J connectivity index is 2.18. The summed E-state index contributed by atoms with van der Waals surface area (Å²) >= 11 is 0. The number of nitrogens with two attached hydrogens (primary N) is 1. The summed E-state index contributed by atoms with van der Waals surface area (Å²) < 4.78 is 28.1. The fraction of sp³-hybridized carbons (Fsp3) is 0.357. The molecule has 0 radical (unpaired) electrons. The normalized spacial score (nSPS) is 16.6. The highest BCUT2D eigenvalue weighted by molar-refractivity contribution is 5.55. The quantitative estimate of drug-likeness (QED) is 0.859. The lowest BCUT2D eigenvalue weighted by Crippen LogP contribution is -2.15. The first-order valence-electron chi connectivity index (χ1n) is 6.23. The van der Waals surface area contributed by atoms with Crippen molar-refractivity contribution >= 4 is 5.82 Å². The number of nitrogen functional groups attached to an aromatic ring is 1. The summed E-state index contributed by atoms with van der Waals surface area (Å²) in [5, 5.41) is 4.38. The molecular formula is C14H15F2N3. The molecule has 1 aliphatic rings. The van der Waals surface area contributed by atoms with E-state index in [0.29, 0.717) is 5.82 Å². The third kappa shape index (κ3) is 1.72. The van der Waals surface area contributed by atoms with Crippen molar-refractivity contribution < 1.29 is 8.78 Å². The van der Waals surface area contributed by atoms with Gasteiger partial charge in [-0.25, -0.2) is 13.5 Å². The molecular weight excluding hydrogens is 248 g/mol. The number of rotatable bonds is 1. The number of hydrogen-bond acceptors (Lipinski definition) is 2. The maximum Gasteiger partial charge on any atom is 0.151 e. The molecule has 1 heterocycles. The Morgan fingerprint density at radius 1 is 1.32 bits per heavy atom. The molecule has 0 fully saturated rings. The highest BCUT2D eigenvalue weighted by Gasteiger charge is 2.36. The second-order valence-electron chi connectivity index (χ2n) is 5.60. The number of fused-ring (bicyclic) bond motifs is 1. The standard InChI is InChI=1S/C14H15F2N3/c1-14(2)6-5-10-12(14)13(17)19(18-10)11-4-3-8(15)7-9(11)16/h3-4,7H,5-6,17H2,1-2H3. The monoisotopic (exact) mass is 263 g/mol. The Morgan fingerprint density at radius 2 is 2.05 bits per heavy atom. The third-order valence-electron chi connectivity index (χ3n) is 3.80. The Labute approximate surface area is 110 Å². The van der Waals surface area contributed by atoms with Crippen LogP contribution in [0.3, 0.4) is 0 Å². The van der Waals surface area contributed by atoms with Crippen LogP contribution in [0.1, 0.15) is 31.5 Å². The molecule has 1 aromatic carbocycles. The molecule has 0 saturated heterocycles. The van der Waals surface area contributed by atoms with E-state index in [4.69, 9.17) is 5.73 Å². The van der Waals surface area contributed by atoms with E-state index in [1.165, 1.54) is 16.8 Å². The van der Waals surface area contributed by atoms with Crippen LogP contribution in [-0.4, -0.2) is 9.78 Å². The highest BCUT2D eigenvalue weighted by Crippen LogP contribution is 2.42. The van der Waals surface area contributed by atoms with Crippen molar-refractivity contribution in [1.29, 1.82) is 0 Å². The molecule has 1 aromatic heterocycles. The maximum absolute atomic E-state index is 13.8. The predicted octanol–water partition coefficient (Wildman–Crippen LogP) is 2.96. The molecule has 0 amide bonds. The molecule has 5 heteroatoms. The zero-order chi connectivity index (χ0) is 13.8. The first kappa shape index (κ1) is 12.1. The van der Waals surface area contributed by atoms with Gasteiger partial charge in [0.1, 0.15) is 17.3 Å². The minimum atomic E-state index is -0.661. The van der Waals surface area contributed by atoms with E-state index in [1.807, 2.05) is 0 Å². The van der Waals surface area contributed by atoms with Gasteiger partial charge in [0.05, 0.1) is 5.69 Å². The second-order valence-corrected chi connectivity index (χ2v) is 5.60. The van der Waals surface area contributed by atoms with Gasteiger partial charge < -0.3 is 5.73 Å². The highest BCUT2D eigenvalue weighted by atomic mass is 19.1. The van der Waals surface area contributed by atoms with Crippen LogP contribution >= 0.6 is 0 Å². The third-order valence-corrected chi connectivity index (χ3v) is 3.80. The minimum absolute atomic E-state index is 0.0474. The molecule has 0 bridgehead atoms. The number of anilines is 1. The predicted molar refractivity (Wildman–Crippen MR) is 69.2 cm³/mol. The Bertz CT molecular complexity index is 659. The van der Waals surface area contributed by atoms with Gasteiger partial charge in [-0.2, -0.15) is 5.10 Å². The average molecular weight is 263 g/mol. The zero-order valence-corrected chi connectivity index (χ0v) is 10.9. The van der Waals surface area contributed by atoms with E-state index in [0.717, 1.165) is 30.2 Å². The van der Waals surface area contributed by atoms with Gasteiger partial charge in [0.2, 0.25) is 0 Å². The summed E-state index contributed by atoms with van der Waals surface area (Å²) in [6.07, 6.45) is 1.82. The summed E-state index contributed by atoms with van der Waals surface area (Å²) in [5.41, 5.74) is 8.14. The maximum atomic E-state index is 13.8. The van der Waals surface area contributed by atoms with Crippen LogP contribution in [0, 0.1) is 11.6 Å². The summed E-state index contributed by atoms with van der Waals surface area (Å²) in [6, 6.07) is 3.40. The number of nitrogens with zero attached hydrogens (tertiary/aromatic N) is 2. The van der Waals surface area contributed by atoms with Crippen LogP contribution in [0.4, 0.5) is 14.6 Å². The van der Waals surface area contributed by atoms with Gasteiger partial charge in [0, 0.05) is 11.6 Å². The second kappa shape index (κ2) is 3.79. The van der Waals surface area contributed by atoms with Crippen LogP contribution in [0.2, 0.25) is 0 Å². The molecule has 3 rings (SSSR count). The first-order chi connectivity index (χ1) is 8.90. The summed E-state index contributed by atoms with van der Waals surface area (Å²) in [7, 11) is 0. The number of aromatic nitrogens is 2. The molecule has 0 aliphatic heterocycles. The molecule has 2 N–H and O–H groups in total. The van der Waals surface area contributed by atoms with E-state index in [9.17, 15) is 8.78 Å². The topological polar surface area (TPSA) is 43.8 Å². The molecule has 19 heavy (non-hydrogen) atoms. The van der Waals surface area contributed by atoms with E-state index >= 15 is 0 Å². The van der Waals surface area contributed by atoms with Crippen molar-refractivity contribution in [2.24, 2.45) is 0 Å². The molecule has 0 unspecified atom stereocenters. The van der Waals surface area contributed by atoms with Gasteiger partial charge in [-0.15, -0.1) is 0 Å². The van der Waals surface area contributed by atoms with Crippen LogP contribution in [0.15, 0.2) is 18.2 Å². The number of benzene rings is 1. The molecule has 1 aliphatic carbocycles. The van der Waals surface area contributed by atoms with Crippen LogP contribution in [0.5, 0.6) is 0 Å². The fourth-order valence-electron chi connectivity index (χ4n) is 2.78. The number of aryl methyl sites for hydroxylation is 1. The van der Waals surface area contributed by atoms with Gasteiger partial charge >= 0.3 is 0 Å². The fourth-order valence-corrected chi connectivity index (χ4v) is 2.78. The first-order valence-corrected chi connectivity index (χ1v) is 6.23. The molecule has 0 atom stereocenters. The van der Waals surface area contributed by atoms with Gasteiger partial charge in [0.25, 0.3) is 0 Å². The zero-order valence-electron chi connectivity index (χ0n) is 10.9. The van der Waals surface area contributed by atoms with Crippen molar-refractivity contribution in [3.63, 3.8) is 0 Å². The van der Waals surface area contributed by atoms with Crippen molar-refractivity contribution in [2.75, 3.05) is 5.73 Å². The number of halogens is 2. The van der Waals surface area contributed by atoms with Crippen molar-refractivity contribution in [3.05, 3.63) is 41.1 Å². The molecule has 100 valence electrons. The van der Waals surface area contributed by atoms with E-state index < -0.39 is 11.6 Å². The van der Waals surface area contributed by atoms with Crippen LogP contribution in [0.25, 0.3) is 5.69 Å². The van der Waals surface area contributed by atoms with Gasteiger partial charge in [0.15, 0.2) is 5.82 Å². The van der Waals surface area contributed by atoms with Crippen molar-refractivity contribution in [1.82, 2.24) is 9.78 Å². The Hall–Kier alpha value is -1.91. The Morgan fingerprint density at radius 3 is 2.68 bits per heavy atom. The van der Waals surface area contributed by atoms with Gasteiger partial charge in [-0.05, 0) is 30.4 Å². The lowest BCUT2D eigenvalue weighted by Gasteiger charge is -2.18. The van der Waals surface area contributed by atoms with E-state index in [-0.39, 0.29) is 11.1 Å². The van der Waals surface area contributed by atoms with E-state index in [1.54, 1.807) is 0 Å². The van der Waals surface area contributed by atoms with Gasteiger partial charge in [-0.3, -0.25) is 0 Å². The molecule has 2 aromatic rings. The Kier molecular flexibility index (Phi) is 2.42. The SMILES string of the molecule is CC1(C)CCc2nn(-c3ccc(F)cc3F)c(N)c21. The average Bonchev–Trinajstić information content (AvgIpc) is 2.79. The van der Waals surface area contributed by atoms with E-state index in [2.05, 4.69) is 18.9 Å². The van der Waals surface area contributed by atoms with Gasteiger partial charge in [-0.1, -0.05) is 13.8 Å². The minimum Gasteiger partial charge on any atom is -0.383 e. The van der Waals surface area contributed by atoms with Crippen molar-refractivity contribution in [2.45, 2.75) is 32.1 Å². The lowest BCUT2D eigenvalue weighted by atomic mass is 9.87.